The van der Waals surface area contributed by atoms with Crippen molar-refractivity contribution in [3.8, 4) is 0 Å². The molecule has 1 amide bonds. The predicted octanol–water partition coefficient (Wildman–Crippen LogP) is 0.642. The normalized spacial score (nSPS) is 29.3. The van der Waals surface area contributed by atoms with Crippen LogP contribution >= 0.6 is 0 Å². The fourth-order valence-electron chi connectivity index (χ4n) is 2.89. The van der Waals surface area contributed by atoms with Gasteiger partial charge in [0, 0.05) is 23.4 Å². The van der Waals surface area contributed by atoms with Gasteiger partial charge in [0.15, 0.2) is 0 Å². The molecule has 0 heterocycles. The summed E-state index contributed by atoms with van der Waals surface area (Å²) in [7, 11) is 4.07. The maximum atomic E-state index is 11.8. The van der Waals surface area contributed by atoms with E-state index in [0.717, 1.165) is 12.8 Å². The average Bonchev–Trinajstić information content (AvgIpc) is 2.98. The molecule has 102 valence electrons. The fraction of sp³-hybridized carbons (Fsp3) is 0.917. The van der Waals surface area contributed by atoms with Crippen LogP contribution in [0.3, 0.4) is 0 Å². The quantitative estimate of drug-likeness (QED) is 0.578. The zero-order valence-corrected chi connectivity index (χ0v) is 11.0. The van der Waals surface area contributed by atoms with Gasteiger partial charge in [0.1, 0.15) is 5.92 Å². The van der Waals surface area contributed by atoms with E-state index in [2.05, 4.69) is 10.2 Å². The van der Waals surface area contributed by atoms with Crippen molar-refractivity contribution in [1.82, 2.24) is 10.2 Å². The van der Waals surface area contributed by atoms with Crippen LogP contribution in [-0.2, 0) is 4.79 Å². The van der Waals surface area contributed by atoms with Gasteiger partial charge in [0.05, 0.1) is 0 Å². The third kappa shape index (κ3) is 2.48. The van der Waals surface area contributed by atoms with Crippen LogP contribution in [0.4, 0.5) is 0 Å². The highest BCUT2D eigenvalue weighted by Gasteiger charge is 2.53. The number of carbonyl (C=O) groups excluding carboxylic acids is 1. The van der Waals surface area contributed by atoms with Crippen molar-refractivity contribution in [2.24, 2.45) is 5.92 Å². The first-order chi connectivity index (χ1) is 8.46. The third-order valence-electron chi connectivity index (χ3n) is 4.44. The molecule has 2 rings (SSSR count). The molecule has 1 N–H and O–H groups in total. The van der Waals surface area contributed by atoms with Crippen LogP contribution in [0.15, 0.2) is 0 Å². The highest BCUT2D eigenvalue weighted by Crippen LogP contribution is 2.35. The van der Waals surface area contributed by atoms with E-state index in [4.69, 9.17) is 0 Å². The minimum atomic E-state index is -0.649. The highest BCUT2D eigenvalue weighted by molar-refractivity contribution is 5.82. The summed E-state index contributed by atoms with van der Waals surface area (Å²) < 4.78 is 0. The monoisotopic (exact) mass is 255 g/mol. The zero-order valence-electron chi connectivity index (χ0n) is 11.0. The van der Waals surface area contributed by atoms with Gasteiger partial charge in [-0.05, 0) is 26.9 Å². The molecule has 0 radical (unpaired) electrons. The predicted molar refractivity (Wildman–Crippen MR) is 66.8 cm³/mol. The van der Waals surface area contributed by atoms with Crippen molar-refractivity contribution < 1.29 is 9.72 Å². The van der Waals surface area contributed by atoms with Gasteiger partial charge >= 0.3 is 0 Å². The lowest BCUT2D eigenvalue weighted by Crippen LogP contribution is -2.51. The number of hydrogen-bond donors (Lipinski definition) is 1. The summed E-state index contributed by atoms with van der Waals surface area (Å²) in [6.45, 7) is 0.611. The topological polar surface area (TPSA) is 75.5 Å². The molecule has 6 heteroatoms. The maximum Gasteiger partial charge on any atom is 0.230 e. The van der Waals surface area contributed by atoms with Crippen LogP contribution in [0.2, 0.25) is 0 Å². The van der Waals surface area contributed by atoms with Crippen LogP contribution in [0, 0.1) is 16.0 Å². The van der Waals surface area contributed by atoms with Crippen molar-refractivity contribution in [3.05, 3.63) is 10.1 Å². The summed E-state index contributed by atoms with van der Waals surface area (Å²) >= 11 is 0. The summed E-state index contributed by atoms with van der Waals surface area (Å²) in [5.41, 5.74) is 0.0503. The van der Waals surface area contributed by atoms with Gasteiger partial charge in [-0.1, -0.05) is 12.8 Å². The molecule has 0 aromatic rings. The van der Waals surface area contributed by atoms with Gasteiger partial charge in [-0.3, -0.25) is 14.9 Å². The van der Waals surface area contributed by atoms with E-state index in [0.29, 0.717) is 13.0 Å². The van der Waals surface area contributed by atoms with E-state index in [1.165, 1.54) is 12.8 Å². The van der Waals surface area contributed by atoms with E-state index in [9.17, 15) is 14.9 Å². The summed E-state index contributed by atoms with van der Waals surface area (Å²) in [5, 5.41) is 13.4. The molecule has 6 nitrogen and oxygen atoms in total. The highest BCUT2D eigenvalue weighted by atomic mass is 16.6. The number of nitrogens with zero attached hydrogens (tertiary/aromatic N) is 2. The Kier molecular flexibility index (Phi) is 3.56. The van der Waals surface area contributed by atoms with Crippen molar-refractivity contribution in [3.63, 3.8) is 0 Å². The number of rotatable bonds is 5. The number of hydrogen-bond acceptors (Lipinski definition) is 4. The second-order valence-electron chi connectivity index (χ2n) is 5.74. The molecular formula is C12H21N3O3. The van der Waals surface area contributed by atoms with Gasteiger partial charge in [0.25, 0.3) is 0 Å². The van der Waals surface area contributed by atoms with E-state index < -0.39 is 12.0 Å². The molecule has 0 aromatic carbocycles. The Hall–Kier alpha value is -1.17. The smallest absolute Gasteiger partial charge is 0.230 e. The van der Waals surface area contributed by atoms with Crippen LogP contribution in [0.1, 0.15) is 32.1 Å². The van der Waals surface area contributed by atoms with Gasteiger partial charge in [0.2, 0.25) is 11.9 Å². The first kappa shape index (κ1) is 13.3. The Balaban J connectivity index is 1.84. The van der Waals surface area contributed by atoms with Crippen LogP contribution in [-0.4, -0.2) is 48.0 Å². The molecule has 2 aliphatic carbocycles. The SMILES string of the molecule is CN(C)C1(CNC(=O)C2CC2[N+](=O)[O-])CCCC1. The number of amides is 1. The molecule has 0 saturated heterocycles. The lowest BCUT2D eigenvalue weighted by Gasteiger charge is -2.36. The first-order valence-electron chi connectivity index (χ1n) is 6.55. The van der Waals surface area contributed by atoms with Crippen LogP contribution < -0.4 is 5.32 Å². The lowest BCUT2D eigenvalue weighted by atomic mass is 9.96. The molecule has 2 aliphatic rings. The Labute approximate surface area is 107 Å². The van der Waals surface area contributed by atoms with E-state index in [1.807, 2.05) is 14.1 Å². The number of likely N-dealkylation sites (N-methyl/N-ethyl adjacent to an activating group) is 1. The maximum absolute atomic E-state index is 11.8. The average molecular weight is 255 g/mol. The third-order valence-corrected chi connectivity index (χ3v) is 4.44. The van der Waals surface area contributed by atoms with Crippen LogP contribution in [0.5, 0.6) is 0 Å². The number of nitrogens with one attached hydrogen (secondary N) is 1. The second-order valence-corrected chi connectivity index (χ2v) is 5.74. The van der Waals surface area contributed by atoms with Crippen molar-refractivity contribution >= 4 is 5.91 Å². The summed E-state index contributed by atoms with van der Waals surface area (Å²) in [5.74, 6) is -0.551. The lowest BCUT2D eigenvalue weighted by molar-refractivity contribution is -0.497. The Morgan fingerprint density at radius 2 is 2.06 bits per heavy atom. The van der Waals surface area contributed by atoms with Crippen molar-refractivity contribution in [2.45, 2.75) is 43.7 Å². The van der Waals surface area contributed by atoms with Crippen molar-refractivity contribution in [1.29, 1.82) is 0 Å². The summed E-state index contributed by atoms with van der Waals surface area (Å²) in [4.78, 5) is 24.2. The molecule has 18 heavy (non-hydrogen) atoms. The Morgan fingerprint density at radius 1 is 1.44 bits per heavy atom. The largest absolute Gasteiger partial charge is 0.354 e. The van der Waals surface area contributed by atoms with Gasteiger partial charge in [-0.25, -0.2) is 0 Å². The molecular weight excluding hydrogens is 234 g/mol. The second kappa shape index (κ2) is 4.84. The zero-order chi connectivity index (χ0) is 13.3. The van der Waals surface area contributed by atoms with Gasteiger partial charge in [-0.2, -0.15) is 0 Å². The molecule has 0 aliphatic heterocycles. The summed E-state index contributed by atoms with van der Waals surface area (Å²) in [6.07, 6.45) is 4.95. The first-order valence-corrected chi connectivity index (χ1v) is 6.55. The molecule has 0 aromatic heterocycles. The molecule has 2 atom stereocenters. The number of carbonyl (C=O) groups is 1. The van der Waals surface area contributed by atoms with E-state index in [-0.39, 0.29) is 16.4 Å². The molecule has 0 bridgehead atoms. The van der Waals surface area contributed by atoms with Gasteiger partial charge < -0.3 is 10.2 Å². The fourth-order valence-corrected chi connectivity index (χ4v) is 2.89. The minimum absolute atomic E-state index is 0.0503. The molecule has 2 unspecified atom stereocenters. The Morgan fingerprint density at radius 3 is 2.50 bits per heavy atom. The van der Waals surface area contributed by atoms with Crippen molar-refractivity contribution in [2.75, 3.05) is 20.6 Å². The van der Waals surface area contributed by atoms with Crippen LogP contribution in [0.25, 0.3) is 0 Å². The van der Waals surface area contributed by atoms with E-state index >= 15 is 0 Å². The molecule has 0 spiro atoms. The number of nitro groups is 1. The van der Waals surface area contributed by atoms with E-state index in [1.54, 1.807) is 0 Å². The summed E-state index contributed by atoms with van der Waals surface area (Å²) in [6, 6.07) is -0.649. The molecule has 2 saturated carbocycles. The standard InChI is InChI=1S/C12H21N3O3/c1-14(2)12(5-3-4-6-12)8-13-11(16)9-7-10(9)15(17)18/h9-10H,3-8H2,1-2H3,(H,13,16). The Bertz CT molecular complexity index is 350. The van der Waals surface area contributed by atoms with Gasteiger partial charge in [-0.15, -0.1) is 0 Å². The minimum Gasteiger partial charge on any atom is -0.354 e. The molecule has 2 fully saturated rings.